The summed E-state index contributed by atoms with van der Waals surface area (Å²) in [5, 5.41) is 7.77. The average Bonchev–Trinajstić information content (AvgIpc) is 3.09. The van der Waals surface area contributed by atoms with Gasteiger partial charge in [-0.3, -0.25) is 0 Å². The zero-order chi connectivity index (χ0) is 15.2. The van der Waals surface area contributed by atoms with Crippen LogP contribution in [0.2, 0.25) is 0 Å². The number of hydrogen-bond donors (Lipinski definition) is 1. The third-order valence-electron chi connectivity index (χ3n) is 3.72. The highest BCUT2D eigenvalue weighted by Crippen LogP contribution is 2.35. The Labute approximate surface area is 123 Å². The lowest BCUT2D eigenvalue weighted by Crippen LogP contribution is -2.28. The van der Waals surface area contributed by atoms with Crippen LogP contribution >= 0.6 is 0 Å². The molecule has 114 valence electrons. The summed E-state index contributed by atoms with van der Waals surface area (Å²) < 4.78 is 32.7. The van der Waals surface area contributed by atoms with Gasteiger partial charge in [-0.1, -0.05) is 0 Å². The third kappa shape index (κ3) is 2.28. The van der Waals surface area contributed by atoms with Gasteiger partial charge in [-0.05, 0) is 26.7 Å². The van der Waals surface area contributed by atoms with Crippen molar-refractivity contribution in [3.8, 4) is 11.5 Å². The molecule has 0 amide bonds. The van der Waals surface area contributed by atoms with Crippen molar-refractivity contribution in [1.82, 2.24) is 19.5 Å². The molecule has 0 aliphatic carbocycles. The van der Waals surface area contributed by atoms with E-state index in [1.165, 1.54) is 4.31 Å². The van der Waals surface area contributed by atoms with Crippen LogP contribution in [-0.2, 0) is 10.0 Å². The summed E-state index contributed by atoms with van der Waals surface area (Å²) in [7, 11) is -3.54. The number of sulfonamides is 1. The molecule has 0 atom stereocenters. The summed E-state index contributed by atoms with van der Waals surface area (Å²) in [6.07, 6.45) is 1.80. The van der Waals surface area contributed by atoms with Gasteiger partial charge in [0, 0.05) is 31.4 Å². The summed E-state index contributed by atoms with van der Waals surface area (Å²) in [6.45, 7) is 6.37. The summed E-state index contributed by atoms with van der Waals surface area (Å²) in [4.78, 5) is 3.33. The Bertz CT molecular complexity index is 769. The van der Waals surface area contributed by atoms with Gasteiger partial charge in [0.25, 0.3) is 5.89 Å². The van der Waals surface area contributed by atoms with E-state index in [1.54, 1.807) is 13.8 Å². The van der Waals surface area contributed by atoms with Crippen LogP contribution in [-0.4, -0.2) is 41.0 Å². The third-order valence-corrected chi connectivity index (χ3v) is 5.79. The van der Waals surface area contributed by atoms with E-state index in [9.17, 15) is 8.42 Å². The quantitative estimate of drug-likeness (QED) is 0.932. The van der Waals surface area contributed by atoms with Crippen molar-refractivity contribution >= 4 is 10.0 Å². The summed E-state index contributed by atoms with van der Waals surface area (Å²) in [6, 6.07) is 0. The summed E-state index contributed by atoms with van der Waals surface area (Å²) >= 11 is 0. The number of hydrogen-bond acceptors (Lipinski definition) is 5. The van der Waals surface area contributed by atoms with E-state index < -0.39 is 10.0 Å². The summed E-state index contributed by atoms with van der Waals surface area (Å²) in [5.41, 5.74) is 1.80. The normalized spacial score (nSPS) is 16.7. The van der Waals surface area contributed by atoms with Gasteiger partial charge in [-0.15, -0.1) is 10.2 Å². The van der Waals surface area contributed by atoms with Crippen molar-refractivity contribution in [3.05, 3.63) is 17.3 Å². The average molecular weight is 310 g/mol. The van der Waals surface area contributed by atoms with Gasteiger partial charge in [0.2, 0.25) is 15.9 Å². The predicted molar refractivity (Wildman–Crippen MR) is 76.3 cm³/mol. The van der Waals surface area contributed by atoms with Gasteiger partial charge in [0.1, 0.15) is 4.90 Å². The van der Waals surface area contributed by atoms with Gasteiger partial charge >= 0.3 is 0 Å². The van der Waals surface area contributed by atoms with Crippen LogP contribution in [0, 0.1) is 20.8 Å². The van der Waals surface area contributed by atoms with Gasteiger partial charge in [-0.2, -0.15) is 4.31 Å². The molecule has 8 heteroatoms. The van der Waals surface area contributed by atoms with E-state index in [0.29, 0.717) is 35.9 Å². The zero-order valence-electron chi connectivity index (χ0n) is 12.3. The lowest BCUT2D eigenvalue weighted by molar-refractivity contribution is 0.476. The van der Waals surface area contributed by atoms with Gasteiger partial charge in [-0.25, -0.2) is 8.42 Å². The summed E-state index contributed by atoms with van der Waals surface area (Å²) in [5.74, 6) is 0.653. The standard InChI is InChI=1S/C13H18N4O3S/c1-8-11(13-16-15-10(3)20-13)12(9(2)14-8)21(18,19)17-6-4-5-7-17/h14H,4-7H2,1-3H3. The van der Waals surface area contributed by atoms with E-state index in [1.807, 2.05) is 6.92 Å². The Morgan fingerprint density at radius 1 is 1.10 bits per heavy atom. The molecule has 7 nitrogen and oxygen atoms in total. The van der Waals surface area contributed by atoms with E-state index in [-0.39, 0.29) is 10.8 Å². The first-order chi connectivity index (χ1) is 9.91. The second kappa shape index (κ2) is 4.96. The van der Waals surface area contributed by atoms with E-state index in [2.05, 4.69) is 15.2 Å². The maximum Gasteiger partial charge on any atom is 0.250 e. The minimum absolute atomic E-state index is 0.243. The van der Waals surface area contributed by atoms with Crippen molar-refractivity contribution in [1.29, 1.82) is 0 Å². The van der Waals surface area contributed by atoms with Crippen LogP contribution in [0.5, 0.6) is 0 Å². The number of nitrogens with zero attached hydrogens (tertiary/aromatic N) is 3. The van der Waals surface area contributed by atoms with E-state index in [4.69, 9.17) is 4.42 Å². The molecule has 3 rings (SSSR count). The maximum atomic E-state index is 12.9. The zero-order valence-corrected chi connectivity index (χ0v) is 13.1. The first kappa shape index (κ1) is 14.3. The minimum Gasteiger partial charge on any atom is -0.421 e. The molecule has 1 saturated heterocycles. The number of aryl methyl sites for hydroxylation is 3. The van der Waals surface area contributed by atoms with Crippen molar-refractivity contribution in [2.75, 3.05) is 13.1 Å². The smallest absolute Gasteiger partial charge is 0.250 e. The fraction of sp³-hybridized carbons (Fsp3) is 0.538. The van der Waals surface area contributed by atoms with E-state index >= 15 is 0 Å². The van der Waals surface area contributed by atoms with E-state index in [0.717, 1.165) is 12.8 Å². The fourth-order valence-corrected chi connectivity index (χ4v) is 4.73. The molecule has 0 unspecified atom stereocenters. The molecule has 1 fully saturated rings. The highest BCUT2D eigenvalue weighted by molar-refractivity contribution is 7.89. The number of rotatable bonds is 3. The molecule has 0 bridgehead atoms. The molecule has 0 radical (unpaired) electrons. The minimum atomic E-state index is -3.54. The Balaban J connectivity index is 2.19. The lowest BCUT2D eigenvalue weighted by atomic mass is 10.2. The molecule has 0 spiro atoms. The molecule has 2 aromatic heterocycles. The van der Waals surface area contributed by atoms with Crippen LogP contribution in [0.1, 0.15) is 30.1 Å². The van der Waals surface area contributed by atoms with Crippen molar-refractivity contribution in [2.45, 2.75) is 38.5 Å². The molecule has 3 heterocycles. The van der Waals surface area contributed by atoms with Gasteiger partial charge < -0.3 is 9.40 Å². The molecule has 1 N–H and O–H groups in total. The SMILES string of the molecule is Cc1nnc(-c2c(C)[nH]c(C)c2S(=O)(=O)N2CCCC2)o1. The van der Waals surface area contributed by atoms with Gasteiger partial charge in [0.15, 0.2) is 0 Å². The first-order valence-electron chi connectivity index (χ1n) is 6.91. The molecular weight excluding hydrogens is 292 g/mol. The predicted octanol–water partition coefficient (Wildman–Crippen LogP) is 1.77. The topological polar surface area (TPSA) is 92.1 Å². The molecule has 21 heavy (non-hydrogen) atoms. The molecule has 0 saturated carbocycles. The van der Waals surface area contributed by atoms with Crippen molar-refractivity contribution in [2.24, 2.45) is 0 Å². The van der Waals surface area contributed by atoms with Gasteiger partial charge in [0.05, 0.1) is 5.56 Å². The maximum absolute atomic E-state index is 12.9. The first-order valence-corrected chi connectivity index (χ1v) is 8.35. The highest BCUT2D eigenvalue weighted by Gasteiger charge is 2.34. The molecule has 2 aromatic rings. The van der Waals surface area contributed by atoms with Crippen LogP contribution < -0.4 is 0 Å². The Hall–Kier alpha value is -1.67. The number of H-pyrrole nitrogens is 1. The van der Waals surface area contributed by atoms with Crippen LogP contribution in [0.4, 0.5) is 0 Å². The number of nitrogens with one attached hydrogen (secondary N) is 1. The Morgan fingerprint density at radius 3 is 2.33 bits per heavy atom. The fourth-order valence-electron chi connectivity index (χ4n) is 2.79. The second-order valence-electron chi connectivity index (χ2n) is 5.32. The lowest BCUT2D eigenvalue weighted by Gasteiger charge is -2.16. The van der Waals surface area contributed by atoms with Crippen LogP contribution in [0.15, 0.2) is 9.31 Å². The second-order valence-corrected chi connectivity index (χ2v) is 7.19. The largest absolute Gasteiger partial charge is 0.421 e. The van der Waals surface area contributed by atoms with Crippen molar-refractivity contribution < 1.29 is 12.8 Å². The van der Waals surface area contributed by atoms with Crippen LogP contribution in [0.3, 0.4) is 0 Å². The molecule has 0 aromatic carbocycles. The monoisotopic (exact) mass is 310 g/mol. The van der Waals surface area contributed by atoms with Crippen LogP contribution in [0.25, 0.3) is 11.5 Å². The number of aromatic nitrogens is 3. The molecule has 1 aliphatic rings. The molecular formula is C13H18N4O3S. The van der Waals surface area contributed by atoms with Crippen molar-refractivity contribution in [3.63, 3.8) is 0 Å². The Kier molecular flexibility index (Phi) is 3.37. The number of aromatic amines is 1. The Morgan fingerprint density at radius 2 is 1.76 bits per heavy atom. The highest BCUT2D eigenvalue weighted by atomic mass is 32.2. The molecule has 1 aliphatic heterocycles.